The molecule has 4 nitrogen and oxygen atoms in total. The minimum Gasteiger partial charge on any atom is -0.481 e. The Labute approximate surface area is 143 Å². The highest BCUT2D eigenvalue weighted by atomic mass is 79.9. The molecular weight excluding hydrogens is 391 g/mol. The van der Waals surface area contributed by atoms with Gasteiger partial charge in [0.25, 0.3) is 6.43 Å². The Hall–Kier alpha value is -2.53. The number of hydrogen-bond acceptors (Lipinski definition) is 3. The van der Waals surface area contributed by atoms with E-state index >= 15 is 0 Å². The van der Waals surface area contributed by atoms with E-state index in [0.29, 0.717) is 0 Å². The van der Waals surface area contributed by atoms with Crippen LogP contribution in [-0.4, -0.2) is 11.1 Å². The lowest BCUT2D eigenvalue weighted by Gasteiger charge is -2.12. The van der Waals surface area contributed by atoms with Gasteiger partial charge in [0.05, 0.1) is 22.5 Å². The van der Waals surface area contributed by atoms with Crippen molar-refractivity contribution in [3.63, 3.8) is 0 Å². The van der Waals surface area contributed by atoms with Crippen LogP contribution in [0.1, 0.15) is 23.1 Å². The maximum atomic E-state index is 14.4. The zero-order valence-electron chi connectivity index (χ0n) is 11.9. The number of nitriles is 1. The molecule has 1 N–H and O–H groups in total. The maximum Gasteiger partial charge on any atom is 0.307 e. The molecule has 0 amide bonds. The van der Waals surface area contributed by atoms with Gasteiger partial charge in [-0.05, 0) is 40.2 Å². The number of halogens is 4. The molecular formula is C16H9BrF3NO3. The van der Waals surface area contributed by atoms with Gasteiger partial charge in [-0.25, -0.2) is 13.2 Å². The van der Waals surface area contributed by atoms with E-state index in [4.69, 9.17) is 15.1 Å². The first kappa shape index (κ1) is 17.8. The van der Waals surface area contributed by atoms with E-state index in [-0.39, 0.29) is 27.1 Å². The van der Waals surface area contributed by atoms with Crippen LogP contribution in [0.4, 0.5) is 13.2 Å². The highest BCUT2D eigenvalue weighted by molar-refractivity contribution is 9.10. The van der Waals surface area contributed by atoms with Gasteiger partial charge >= 0.3 is 5.97 Å². The number of ether oxygens (including phenoxy) is 1. The molecule has 2 rings (SSSR count). The van der Waals surface area contributed by atoms with Crippen molar-refractivity contribution in [3.05, 3.63) is 57.3 Å². The molecule has 24 heavy (non-hydrogen) atoms. The molecule has 0 saturated carbocycles. The van der Waals surface area contributed by atoms with Crippen molar-refractivity contribution in [2.24, 2.45) is 0 Å². The largest absolute Gasteiger partial charge is 0.481 e. The fraction of sp³-hybridized carbons (Fsp3) is 0.125. The lowest BCUT2D eigenvalue weighted by molar-refractivity contribution is -0.136. The second-order valence-electron chi connectivity index (χ2n) is 4.73. The summed E-state index contributed by atoms with van der Waals surface area (Å²) >= 11 is 3.06. The summed E-state index contributed by atoms with van der Waals surface area (Å²) in [5, 5.41) is 17.7. The van der Waals surface area contributed by atoms with Crippen molar-refractivity contribution >= 4 is 21.9 Å². The topological polar surface area (TPSA) is 70.3 Å². The Balaban J connectivity index is 2.46. The van der Waals surface area contributed by atoms with E-state index in [9.17, 15) is 18.0 Å². The molecule has 0 atom stereocenters. The predicted molar refractivity (Wildman–Crippen MR) is 81.6 cm³/mol. The zero-order chi connectivity index (χ0) is 17.9. The van der Waals surface area contributed by atoms with Crippen LogP contribution in [0.25, 0.3) is 0 Å². The molecule has 0 heterocycles. The van der Waals surface area contributed by atoms with Gasteiger partial charge in [0, 0.05) is 11.1 Å². The highest BCUT2D eigenvalue weighted by Gasteiger charge is 2.18. The number of alkyl halides is 2. The van der Waals surface area contributed by atoms with Crippen molar-refractivity contribution in [1.82, 2.24) is 0 Å². The van der Waals surface area contributed by atoms with Crippen molar-refractivity contribution < 1.29 is 27.8 Å². The number of carboxylic acids is 1. The van der Waals surface area contributed by atoms with Crippen molar-refractivity contribution in [2.45, 2.75) is 12.8 Å². The van der Waals surface area contributed by atoms with Gasteiger partial charge in [-0.15, -0.1) is 0 Å². The Kier molecular flexibility index (Phi) is 5.46. The number of benzene rings is 2. The van der Waals surface area contributed by atoms with Crippen LogP contribution in [0.15, 0.2) is 34.8 Å². The van der Waals surface area contributed by atoms with E-state index < -0.39 is 30.2 Å². The minimum atomic E-state index is -2.83. The monoisotopic (exact) mass is 399 g/mol. The Bertz CT molecular complexity index is 834. The Morgan fingerprint density at radius 1 is 1.33 bits per heavy atom. The summed E-state index contributed by atoms with van der Waals surface area (Å²) < 4.78 is 45.6. The third-order valence-electron chi connectivity index (χ3n) is 3.00. The fourth-order valence-corrected chi connectivity index (χ4v) is 2.34. The number of rotatable bonds is 5. The molecule has 124 valence electrons. The molecule has 2 aromatic rings. The molecule has 0 unspecified atom stereocenters. The van der Waals surface area contributed by atoms with Crippen molar-refractivity contribution in [1.29, 1.82) is 5.26 Å². The van der Waals surface area contributed by atoms with Crippen LogP contribution < -0.4 is 4.74 Å². The fourth-order valence-electron chi connectivity index (χ4n) is 1.96. The van der Waals surface area contributed by atoms with E-state index in [0.717, 1.165) is 12.1 Å². The summed E-state index contributed by atoms with van der Waals surface area (Å²) in [7, 11) is 0. The first-order chi connectivity index (χ1) is 11.3. The van der Waals surface area contributed by atoms with Crippen LogP contribution >= 0.6 is 15.9 Å². The lowest BCUT2D eigenvalue weighted by atomic mass is 10.1. The normalized spacial score (nSPS) is 10.5. The summed E-state index contributed by atoms with van der Waals surface area (Å²) in [6, 6.07) is 7.55. The molecule has 2 aromatic carbocycles. The molecule has 0 aliphatic carbocycles. The van der Waals surface area contributed by atoms with E-state index in [1.165, 1.54) is 18.2 Å². The Morgan fingerprint density at radius 3 is 2.62 bits per heavy atom. The third kappa shape index (κ3) is 4.06. The predicted octanol–water partition coefficient (Wildman–Crippen LogP) is 4.82. The van der Waals surface area contributed by atoms with Crippen LogP contribution in [0.5, 0.6) is 11.5 Å². The van der Waals surface area contributed by atoms with Gasteiger partial charge < -0.3 is 9.84 Å². The van der Waals surface area contributed by atoms with Gasteiger partial charge in [-0.1, -0.05) is 6.07 Å². The molecule has 0 bridgehead atoms. The average Bonchev–Trinajstić information content (AvgIpc) is 2.53. The summed E-state index contributed by atoms with van der Waals surface area (Å²) in [5.41, 5.74) is -0.630. The number of hydrogen-bond donors (Lipinski definition) is 1. The SMILES string of the molecule is N#Cc1cc(Oc2c(Br)ccc(CC(=O)O)c2F)cc(C(F)F)c1. The first-order valence-corrected chi connectivity index (χ1v) is 7.31. The molecule has 0 spiro atoms. The molecule has 0 saturated heterocycles. The zero-order valence-corrected chi connectivity index (χ0v) is 13.5. The number of nitrogens with zero attached hydrogens (tertiary/aromatic N) is 1. The van der Waals surface area contributed by atoms with Gasteiger partial charge in [0.1, 0.15) is 5.75 Å². The summed E-state index contributed by atoms with van der Waals surface area (Å²) in [5.74, 6) is -2.65. The number of carboxylic acid groups (broad SMARTS) is 1. The summed E-state index contributed by atoms with van der Waals surface area (Å²) in [6.45, 7) is 0. The van der Waals surface area contributed by atoms with Gasteiger partial charge in [0.15, 0.2) is 11.6 Å². The average molecular weight is 400 g/mol. The van der Waals surface area contributed by atoms with Gasteiger partial charge in [-0.3, -0.25) is 4.79 Å². The smallest absolute Gasteiger partial charge is 0.307 e. The molecule has 0 aliphatic heterocycles. The number of carbonyl (C=O) groups is 1. The van der Waals surface area contributed by atoms with Crippen molar-refractivity contribution in [2.75, 3.05) is 0 Å². The van der Waals surface area contributed by atoms with Gasteiger partial charge in [0.2, 0.25) is 0 Å². The van der Waals surface area contributed by atoms with Crippen LogP contribution in [0, 0.1) is 17.1 Å². The summed E-state index contributed by atoms with van der Waals surface area (Å²) in [6.07, 6.45) is -3.39. The quantitative estimate of drug-likeness (QED) is 0.782. The van der Waals surface area contributed by atoms with Gasteiger partial charge in [-0.2, -0.15) is 5.26 Å². The molecule has 0 aromatic heterocycles. The summed E-state index contributed by atoms with van der Waals surface area (Å²) in [4.78, 5) is 10.7. The first-order valence-electron chi connectivity index (χ1n) is 6.51. The second kappa shape index (κ2) is 7.36. The van der Waals surface area contributed by atoms with Crippen LogP contribution in [-0.2, 0) is 11.2 Å². The van der Waals surface area contributed by atoms with E-state index in [2.05, 4.69) is 15.9 Å². The maximum absolute atomic E-state index is 14.4. The molecule has 0 radical (unpaired) electrons. The van der Waals surface area contributed by atoms with E-state index in [1.807, 2.05) is 0 Å². The Morgan fingerprint density at radius 2 is 2.04 bits per heavy atom. The van der Waals surface area contributed by atoms with Crippen LogP contribution in [0.3, 0.4) is 0 Å². The lowest BCUT2D eigenvalue weighted by Crippen LogP contribution is -2.04. The highest BCUT2D eigenvalue weighted by Crippen LogP contribution is 2.36. The minimum absolute atomic E-state index is 0.0685. The molecule has 8 heteroatoms. The number of aliphatic carboxylic acids is 1. The second-order valence-corrected chi connectivity index (χ2v) is 5.58. The van der Waals surface area contributed by atoms with E-state index in [1.54, 1.807) is 6.07 Å². The molecule has 0 aliphatic rings. The molecule has 0 fully saturated rings. The van der Waals surface area contributed by atoms with Crippen molar-refractivity contribution in [3.8, 4) is 17.6 Å². The van der Waals surface area contributed by atoms with Crippen LogP contribution in [0.2, 0.25) is 0 Å². The third-order valence-corrected chi connectivity index (χ3v) is 3.63. The standard InChI is InChI=1S/C16H9BrF3NO3/c17-12-2-1-9(6-13(22)23)14(18)15(12)24-11-4-8(7-21)3-10(5-11)16(19)20/h1-5,16H,6H2,(H,22,23).